The van der Waals surface area contributed by atoms with Crippen LogP contribution in [0.1, 0.15) is 98.8 Å². The summed E-state index contributed by atoms with van der Waals surface area (Å²) in [6.07, 6.45) is 12.2. The molecule has 294 valence electrons. The van der Waals surface area contributed by atoms with Crippen LogP contribution in [0.3, 0.4) is 0 Å². The standard InChI is InChI=1S/C45H52N4O7/c1-44-18-14-34-30(8-12-36-45(34,2)19-15-38(51)47-36)33(44)10-11-35(44)43(55)46-26-4-3-5-28(22-26)56-24-25-16-20-49(21-17-25)27-6-7-29-32(23-27)41(53)39(40(29)52)31-9-13-37(50)48-42(31)54/h3-7,15,19,22-23,25,30-31,33-36,39H,8-14,16-18,20-21,24H2,1-2H3,(H,46,55)(H,47,51)(H,48,50,54)/t30-,31?,33-,34-,35+,36+,39?,44-,45+/m0/s1. The Morgan fingerprint density at radius 2 is 1.68 bits per heavy atom. The Morgan fingerprint density at radius 1 is 0.875 bits per heavy atom. The van der Waals surface area contributed by atoms with Gasteiger partial charge < -0.3 is 20.3 Å². The number of carbonyl (C=O) groups is 6. The highest BCUT2D eigenvalue weighted by atomic mass is 16.5. The van der Waals surface area contributed by atoms with Gasteiger partial charge in [0.1, 0.15) is 5.75 Å². The molecule has 56 heavy (non-hydrogen) atoms. The lowest BCUT2D eigenvalue weighted by Crippen LogP contribution is -2.59. The van der Waals surface area contributed by atoms with Crippen molar-refractivity contribution in [2.75, 3.05) is 29.9 Å². The van der Waals surface area contributed by atoms with E-state index in [-0.39, 0.29) is 64.9 Å². The van der Waals surface area contributed by atoms with E-state index in [2.05, 4.69) is 40.8 Å². The van der Waals surface area contributed by atoms with E-state index in [1.165, 1.54) is 0 Å². The van der Waals surface area contributed by atoms with Crippen LogP contribution in [0.4, 0.5) is 11.4 Å². The quantitative estimate of drug-likeness (QED) is 0.234. The number of piperidine rings is 2. The van der Waals surface area contributed by atoms with Crippen molar-refractivity contribution in [1.29, 1.82) is 0 Å². The van der Waals surface area contributed by atoms with Gasteiger partial charge in [-0.1, -0.05) is 26.0 Å². The molecule has 2 unspecified atom stereocenters. The maximum atomic E-state index is 14.0. The average Bonchev–Trinajstić information content (AvgIpc) is 3.67. The number of anilines is 2. The number of rotatable bonds is 7. The molecule has 11 nitrogen and oxygen atoms in total. The van der Waals surface area contributed by atoms with Crippen molar-refractivity contribution in [3.63, 3.8) is 0 Å². The molecular formula is C45H52N4O7. The summed E-state index contributed by atoms with van der Waals surface area (Å²) in [4.78, 5) is 79.0. The first-order chi connectivity index (χ1) is 26.9. The third-order valence-corrected chi connectivity index (χ3v) is 15.4. The predicted molar refractivity (Wildman–Crippen MR) is 209 cm³/mol. The molecule has 11 heteroatoms. The van der Waals surface area contributed by atoms with E-state index in [1.54, 1.807) is 18.2 Å². The molecule has 4 aliphatic carbocycles. The number of Topliss-reactive ketones (excluding diaryl/α,β-unsaturated/α-hetero) is 2. The number of ether oxygens (including phenoxy) is 1. The van der Waals surface area contributed by atoms with Crippen LogP contribution in [-0.4, -0.2) is 60.9 Å². The number of hydrogen-bond acceptors (Lipinski definition) is 8. The van der Waals surface area contributed by atoms with Gasteiger partial charge >= 0.3 is 0 Å². The maximum Gasteiger partial charge on any atom is 0.243 e. The number of carbonyl (C=O) groups excluding carboxylic acids is 6. The number of amides is 4. The molecular weight excluding hydrogens is 709 g/mol. The molecule has 5 fully saturated rings. The summed E-state index contributed by atoms with van der Waals surface area (Å²) < 4.78 is 6.29. The predicted octanol–water partition coefficient (Wildman–Crippen LogP) is 5.88. The van der Waals surface area contributed by atoms with Crippen molar-refractivity contribution in [2.24, 2.45) is 52.3 Å². The molecule has 3 saturated carbocycles. The summed E-state index contributed by atoms with van der Waals surface area (Å²) in [5.74, 6) is -0.708. The highest BCUT2D eigenvalue weighted by Crippen LogP contribution is 2.65. The van der Waals surface area contributed by atoms with Crippen LogP contribution in [0.25, 0.3) is 0 Å². The molecule has 2 aromatic carbocycles. The summed E-state index contributed by atoms with van der Waals surface area (Å²) in [6, 6.07) is 13.3. The highest BCUT2D eigenvalue weighted by molar-refractivity contribution is 6.28. The first-order valence-electron chi connectivity index (χ1n) is 20.8. The molecule has 4 amide bonds. The average molecular weight is 761 g/mol. The third kappa shape index (κ3) is 6.16. The summed E-state index contributed by atoms with van der Waals surface area (Å²) in [6.45, 7) is 6.79. The Kier molecular flexibility index (Phi) is 9.20. The summed E-state index contributed by atoms with van der Waals surface area (Å²) >= 11 is 0. The van der Waals surface area contributed by atoms with Gasteiger partial charge in [-0.25, -0.2) is 0 Å². The number of ketones is 2. The molecule has 0 spiro atoms. The van der Waals surface area contributed by atoms with Gasteiger partial charge in [0.2, 0.25) is 23.6 Å². The summed E-state index contributed by atoms with van der Waals surface area (Å²) in [7, 11) is 0. The number of nitrogens with zero attached hydrogens (tertiary/aromatic N) is 1. The fourth-order valence-electron chi connectivity index (χ4n) is 12.2. The fraction of sp³-hybridized carbons (Fsp3) is 0.556. The minimum atomic E-state index is -1.07. The van der Waals surface area contributed by atoms with Gasteiger partial charge in [0, 0.05) is 65.5 Å². The van der Waals surface area contributed by atoms with Gasteiger partial charge in [-0.3, -0.25) is 34.1 Å². The molecule has 9 atom stereocenters. The largest absolute Gasteiger partial charge is 0.493 e. The van der Waals surface area contributed by atoms with Crippen molar-refractivity contribution in [3.8, 4) is 5.75 Å². The molecule has 0 radical (unpaired) electrons. The Hall–Kier alpha value is -4.80. The Morgan fingerprint density at radius 3 is 2.48 bits per heavy atom. The number of hydrogen-bond donors (Lipinski definition) is 3. The van der Waals surface area contributed by atoms with Crippen LogP contribution in [0.5, 0.6) is 5.75 Å². The second kappa shape index (κ2) is 14.0. The van der Waals surface area contributed by atoms with Crippen molar-refractivity contribution in [3.05, 3.63) is 65.7 Å². The zero-order valence-corrected chi connectivity index (χ0v) is 32.3. The smallest absolute Gasteiger partial charge is 0.243 e. The second-order valence-electron chi connectivity index (χ2n) is 18.1. The molecule has 3 N–H and O–H groups in total. The Bertz CT molecular complexity index is 2040. The van der Waals surface area contributed by atoms with Gasteiger partial charge in [-0.05, 0) is 123 Å². The van der Waals surface area contributed by atoms with E-state index < -0.39 is 17.7 Å². The van der Waals surface area contributed by atoms with Crippen LogP contribution in [0, 0.1) is 52.3 Å². The lowest BCUT2D eigenvalue weighted by Gasteiger charge is -2.58. The molecule has 7 aliphatic rings. The minimum Gasteiger partial charge on any atom is -0.493 e. The van der Waals surface area contributed by atoms with E-state index in [9.17, 15) is 28.8 Å². The van der Waals surface area contributed by atoms with Crippen molar-refractivity contribution in [1.82, 2.24) is 10.6 Å². The van der Waals surface area contributed by atoms with Crippen LogP contribution in [0.15, 0.2) is 54.6 Å². The molecule has 0 aromatic heterocycles. The second-order valence-corrected chi connectivity index (χ2v) is 18.1. The van der Waals surface area contributed by atoms with Gasteiger partial charge in [0.05, 0.1) is 18.4 Å². The summed E-state index contributed by atoms with van der Waals surface area (Å²) in [5.41, 5.74) is 2.29. The van der Waals surface area contributed by atoms with E-state index in [0.29, 0.717) is 41.4 Å². The number of imide groups is 1. The number of benzene rings is 2. The van der Waals surface area contributed by atoms with Gasteiger partial charge in [-0.15, -0.1) is 0 Å². The van der Waals surface area contributed by atoms with Gasteiger partial charge in [-0.2, -0.15) is 0 Å². The third-order valence-electron chi connectivity index (χ3n) is 15.4. The first kappa shape index (κ1) is 36.8. The fourth-order valence-corrected chi connectivity index (χ4v) is 12.2. The van der Waals surface area contributed by atoms with E-state index in [1.807, 2.05) is 30.3 Å². The maximum absolute atomic E-state index is 14.0. The molecule has 2 aromatic rings. The lowest BCUT2D eigenvalue weighted by atomic mass is 9.48. The number of fused-ring (bicyclic) bond motifs is 6. The van der Waals surface area contributed by atoms with Crippen LogP contribution >= 0.6 is 0 Å². The molecule has 3 aliphatic heterocycles. The highest BCUT2D eigenvalue weighted by Gasteiger charge is 2.61. The molecule has 0 bridgehead atoms. The molecule has 2 saturated heterocycles. The van der Waals surface area contributed by atoms with E-state index in [4.69, 9.17) is 4.74 Å². The molecule has 3 heterocycles. The zero-order valence-electron chi connectivity index (χ0n) is 32.3. The minimum absolute atomic E-state index is 0.0189. The Balaban J connectivity index is 0.777. The van der Waals surface area contributed by atoms with Gasteiger partial charge in [0.25, 0.3) is 0 Å². The Labute approximate surface area is 327 Å². The van der Waals surface area contributed by atoms with Crippen molar-refractivity contribution in [2.45, 2.75) is 84.1 Å². The molecule has 9 rings (SSSR count). The van der Waals surface area contributed by atoms with Crippen LogP contribution in [-0.2, 0) is 19.2 Å². The van der Waals surface area contributed by atoms with Crippen LogP contribution in [0.2, 0.25) is 0 Å². The first-order valence-corrected chi connectivity index (χ1v) is 20.8. The monoisotopic (exact) mass is 760 g/mol. The topological polar surface area (TPSA) is 151 Å². The van der Waals surface area contributed by atoms with Crippen molar-refractivity contribution < 1.29 is 33.5 Å². The lowest BCUT2D eigenvalue weighted by molar-refractivity contribution is -0.137. The SMILES string of the molecule is C[C@]12C=CC(=O)N[C@@H]1CC[C@@H]1[C@@H]2CC[C@]2(C)[C@@H](C(=O)Nc3cccc(OCC4CCN(c5ccc6c(c5)C(=O)C(C5CCC(=O)NC5=O)C6=O)CC4)c3)CC[C@@H]12. The van der Waals surface area contributed by atoms with Crippen LogP contribution < -0.4 is 25.6 Å². The number of nitrogens with one attached hydrogen (secondary N) is 3. The zero-order chi connectivity index (χ0) is 38.9. The van der Waals surface area contributed by atoms with Gasteiger partial charge in [0.15, 0.2) is 11.6 Å². The van der Waals surface area contributed by atoms with Crippen molar-refractivity contribution >= 4 is 46.6 Å². The van der Waals surface area contributed by atoms with E-state index >= 15 is 0 Å². The summed E-state index contributed by atoms with van der Waals surface area (Å²) in [5, 5.41) is 8.78. The normalized spacial score (nSPS) is 35.2. The van der Waals surface area contributed by atoms with E-state index in [0.717, 1.165) is 81.6 Å².